The van der Waals surface area contributed by atoms with Crippen LogP contribution in [0.15, 0.2) is 120 Å². The van der Waals surface area contributed by atoms with Crippen molar-refractivity contribution in [3.63, 3.8) is 0 Å². The molecular weight excluding hydrogens is 412 g/mol. The molecule has 152 valence electrons. The van der Waals surface area contributed by atoms with Crippen molar-refractivity contribution in [2.24, 2.45) is 0 Å². The van der Waals surface area contributed by atoms with Crippen LogP contribution in [0.25, 0.3) is 55.3 Å². The van der Waals surface area contributed by atoms with Crippen LogP contribution in [0.1, 0.15) is 0 Å². The van der Waals surface area contributed by atoms with E-state index in [1.54, 1.807) is 0 Å². The normalized spacial score (nSPS) is 11.3. The number of hydrogen-bond acceptors (Lipinski definition) is 1. The molecule has 0 N–H and O–H groups in total. The molecule has 0 spiro atoms. The first-order chi connectivity index (χ1) is 15.8. The number of halogens is 1. The fraction of sp³-hybridized carbons (Fsp3) is 0. The van der Waals surface area contributed by atoms with Crippen LogP contribution in [0.5, 0.6) is 0 Å². The second-order valence-electron chi connectivity index (χ2n) is 7.92. The minimum atomic E-state index is 0.726. The third-order valence-corrected chi connectivity index (χ3v) is 6.37. The second-order valence-corrected chi connectivity index (χ2v) is 8.30. The first kappa shape index (κ1) is 18.9. The Kier molecular flexibility index (Phi) is 4.56. The minimum absolute atomic E-state index is 0.726. The van der Waals surface area contributed by atoms with Crippen molar-refractivity contribution in [2.45, 2.75) is 0 Å². The predicted molar refractivity (Wildman–Crippen MR) is 135 cm³/mol. The van der Waals surface area contributed by atoms with Gasteiger partial charge < -0.3 is 4.42 Å². The van der Waals surface area contributed by atoms with Crippen LogP contribution < -0.4 is 0 Å². The molecule has 6 rings (SSSR count). The van der Waals surface area contributed by atoms with E-state index in [9.17, 15) is 0 Å². The zero-order valence-corrected chi connectivity index (χ0v) is 18.0. The molecular formula is C30H19ClO. The summed E-state index contributed by atoms with van der Waals surface area (Å²) in [6.07, 6.45) is 0. The van der Waals surface area contributed by atoms with E-state index in [1.165, 1.54) is 16.7 Å². The molecule has 0 saturated carbocycles. The maximum atomic E-state index is 6.92. The van der Waals surface area contributed by atoms with E-state index >= 15 is 0 Å². The Balaban J connectivity index is 1.42. The zero-order chi connectivity index (χ0) is 21.5. The first-order valence-electron chi connectivity index (χ1n) is 10.6. The number of benzene rings is 5. The van der Waals surface area contributed by atoms with E-state index in [2.05, 4.69) is 78.9 Å². The molecule has 1 heterocycles. The molecule has 0 atom stereocenters. The Bertz CT molecular complexity index is 1560. The Morgan fingerprint density at radius 2 is 1.09 bits per heavy atom. The van der Waals surface area contributed by atoms with Gasteiger partial charge in [0.15, 0.2) is 0 Å². The summed E-state index contributed by atoms with van der Waals surface area (Å²) in [5.74, 6) is 0. The smallest absolute Gasteiger partial charge is 0.136 e. The Morgan fingerprint density at radius 3 is 1.91 bits per heavy atom. The fourth-order valence-electron chi connectivity index (χ4n) is 4.35. The molecule has 0 fully saturated rings. The monoisotopic (exact) mass is 430 g/mol. The van der Waals surface area contributed by atoms with Gasteiger partial charge in [-0.2, -0.15) is 0 Å². The van der Waals surface area contributed by atoms with Crippen molar-refractivity contribution in [3.8, 4) is 33.4 Å². The molecule has 6 aromatic rings. The molecule has 0 saturated heterocycles. The molecule has 2 heteroatoms. The minimum Gasteiger partial charge on any atom is -0.456 e. The maximum Gasteiger partial charge on any atom is 0.136 e. The Hall–Kier alpha value is -3.81. The molecule has 0 aliphatic carbocycles. The first-order valence-corrected chi connectivity index (χ1v) is 11.0. The second kappa shape index (κ2) is 7.71. The number of furan rings is 1. The van der Waals surface area contributed by atoms with Crippen molar-refractivity contribution in [3.05, 3.63) is 120 Å². The molecule has 0 aliphatic rings. The van der Waals surface area contributed by atoms with Crippen molar-refractivity contribution in [1.29, 1.82) is 0 Å². The van der Waals surface area contributed by atoms with Gasteiger partial charge in [0.25, 0.3) is 0 Å². The lowest BCUT2D eigenvalue weighted by Crippen LogP contribution is -1.84. The Morgan fingerprint density at radius 1 is 0.469 bits per heavy atom. The van der Waals surface area contributed by atoms with Gasteiger partial charge in [-0.25, -0.2) is 0 Å². The van der Waals surface area contributed by atoms with Crippen molar-refractivity contribution in [2.75, 3.05) is 0 Å². The summed E-state index contributed by atoms with van der Waals surface area (Å²) in [5.41, 5.74) is 8.54. The van der Waals surface area contributed by atoms with E-state index in [0.717, 1.165) is 43.7 Å². The van der Waals surface area contributed by atoms with Crippen LogP contribution >= 0.6 is 11.6 Å². The van der Waals surface area contributed by atoms with Crippen molar-refractivity contribution >= 4 is 33.5 Å². The quantitative estimate of drug-likeness (QED) is 0.272. The van der Waals surface area contributed by atoms with E-state index in [0.29, 0.717) is 0 Å². The zero-order valence-electron chi connectivity index (χ0n) is 17.3. The summed E-state index contributed by atoms with van der Waals surface area (Å²) >= 11 is 6.92. The number of para-hydroxylation sites is 1. The van der Waals surface area contributed by atoms with E-state index in [1.807, 2.05) is 36.4 Å². The molecule has 32 heavy (non-hydrogen) atoms. The van der Waals surface area contributed by atoms with E-state index < -0.39 is 0 Å². The lowest BCUT2D eigenvalue weighted by atomic mass is 9.96. The van der Waals surface area contributed by atoms with Gasteiger partial charge in [0.2, 0.25) is 0 Å². The topological polar surface area (TPSA) is 13.1 Å². The average Bonchev–Trinajstić information content (AvgIpc) is 3.24. The third kappa shape index (κ3) is 3.19. The van der Waals surface area contributed by atoms with Gasteiger partial charge >= 0.3 is 0 Å². The lowest BCUT2D eigenvalue weighted by molar-refractivity contribution is 0.669. The fourth-order valence-corrected chi connectivity index (χ4v) is 4.72. The summed E-state index contributed by atoms with van der Waals surface area (Å²) in [5, 5.41) is 2.74. The highest BCUT2D eigenvalue weighted by molar-refractivity contribution is 6.40. The predicted octanol–water partition coefficient (Wildman–Crippen LogP) is 9.24. The molecule has 0 radical (unpaired) electrons. The number of hydrogen-bond donors (Lipinski definition) is 0. The highest BCUT2D eigenvalue weighted by Crippen LogP contribution is 2.40. The Labute approximate surface area is 191 Å². The van der Waals surface area contributed by atoms with Gasteiger partial charge in [-0.1, -0.05) is 103 Å². The molecule has 0 unspecified atom stereocenters. The third-order valence-electron chi connectivity index (χ3n) is 5.98. The van der Waals surface area contributed by atoms with Gasteiger partial charge in [-0.15, -0.1) is 0 Å². The number of rotatable bonds is 3. The van der Waals surface area contributed by atoms with Crippen molar-refractivity contribution in [1.82, 2.24) is 0 Å². The van der Waals surface area contributed by atoms with Gasteiger partial charge in [-0.3, -0.25) is 0 Å². The van der Waals surface area contributed by atoms with Crippen LogP contribution in [0.2, 0.25) is 5.02 Å². The maximum absolute atomic E-state index is 6.92. The van der Waals surface area contributed by atoms with Gasteiger partial charge in [0.1, 0.15) is 11.2 Å². The summed E-state index contributed by atoms with van der Waals surface area (Å²) < 4.78 is 5.98. The SMILES string of the molecule is Clc1c(-c2cccc(-c3ccc(-c4ccccc4)cc3)c2)ccc2oc3ccccc3c12. The summed E-state index contributed by atoms with van der Waals surface area (Å²) in [6.45, 7) is 0. The highest BCUT2D eigenvalue weighted by Gasteiger charge is 2.14. The number of fused-ring (bicyclic) bond motifs is 3. The van der Waals surface area contributed by atoms with E-state index in [4.69, 9.17) is 16.0 Å². The van der Waals surface area contributed by atoms with Crippen LogP contribution in [0.3, 0.4) is 0 Å². The lowest BCUT2D eigenvalue weighted by Gasteiger charge is -2.09. The van der Waals surface area contributed by atoms with Crippen LogP contribution in [0.4, 0.5) is 0 Å². The van der Waals surface area contributed by atoms with Crippen LogP contribution in [0, 0.1) is 0 Å². The summed E-state index contributed by atoms with van der Waals surface area (Å²) in [7, 11) is 0. The highest BCUT2D eigenvalue weighted by atomic mass is 35.5. The van der Waals surface area contributed by atoms with E-state index in [-0.39, 0.29) is 0 Å². The molecule has 0 amide bonds. The molecule has 0 bridgehead atoms. The summed E-state index contributed by atoms with van der Waals surface area (Å²) in [6, 6.07) is 39.8. The molecule has 0 aliphatic heterocycles. The molecule has 5 aromatic carbocycles. The summed E-state index contributed by atoms with van der Waals surface area (Å²) in [4.78, 5) is 0. The van der Waals surface area contributed by atoms with Crippen LogP contribution in [-0.4, -0.2) is 0 Å². The largest absolute Gasteiger partial charge is 0.456 e. The van der Waals surface area contributed by atoms with Gasteiger partial charge in [0, 0.05) is 16.3 Å². The molecule has 1 nitrogen and oxygen atoms in total. The van der Waals surface area contributed by atoms with Gasteiger partial charge in [-0.05, 0) is 52.1 Å². The average molecular weight is 431 g/mol. The van der Waals surface area contributed by atoms with Crippen LogP contribution in [-0.2, 0) is 0 Å². The van der Waals surface area contributed by atoms with Crippen molar-refractivity contribution < 1.29 is 4.42 Å². The standard InChI is InChI=1S/C30H19ClO/c31-30-25(17-18-28-29(30)26-11-4-5-12-27(26)32-28)24-10-6-9-23(19-24)22-15-13-21(14-16-22)20-7-2-1-3-8-20/h1-19H. The molecule has 1 aromatic heterocycles. The van der Waals surface area contributed by atoms with Gasteiger partial charge in [0.05, 0.1) is 5.02 Å².